The number of carboxylic acids is 1. The minimum Gasteiger partial charge on any atom is -0.478 e. The minimum absolute atomic E-state index is 0.00507. The van der Waals surface area contributed by atoms with Gasteiger partial charge in [-0.3, -0.25) is 4.79 Å². The van der Waals surface area contributed by atoms with Crippen molar-refractivity contribution in [1.29, 1.82) is 0 Å². The van der Waals surface area contributed by atoms with Crippen LogP contribution in [-0.4, -0.2) is 32.3 Å². The van der Waals surface area contributed by atoms with Crippen LogP contribution >= 0.6 is 12.6 Å². The molecule has 3 aromatic carbocycles. The van der Waals surface area contributed by atoms with Crippen molar-refractivity contribution in [2.24, 2.45) is 11.8 Å². The Morgan fingerprint density at radius 2 is 1.79 bits per heavy atom. The number of rotatable bonds is 11. The first-order chi connectivity index (χ1) is 18.7. The minimum atomic E-state index is -0.938. The van der Waals surface area contributed by atoms with Crippen molar-refractivity contribution in [2.75, 3.05) is 11.1 Å². The Bertz CT molecular complexity index is 1470. The average molecular weight is 544 g/mol. The second kappa shape index (κ2) is 12.5. The number of aromatic carboxylic acids is 1. The van der Waals surface area contributed by atoms with Gasteiger partial charge in [0.05, 0.1) is 16.6 Å². The molecular formula is C32H37N3O3S. The average Bonchev–Trinajstić information content (AvgIpc) is 3.25. The Morgan fingerprint density at radius 1 is 1.08 bits per heavy atom. The summed E-state index contributed by atoms with van der Waals surface area (Å²) < 4.78 is 2.23. The monoisotopic (exact) mass is 543 g/mol. The molecule has 4 rings (SSSR count). The highest BCUT2D eigenvalue weighted by atomic mass is 32.1. The van der Waals surface area contributed by atoms with Crippen LogP contribution in [0, 0.1) is 18.8 Å². The molecule has 1 amide bonds. The van der Waals surface area contributed by atoms with Crippen molar-refractivity contribution < 1.29 is 14.7 Å². The van der Waals surface area contributed by atoms with E-state index in [2.05, 4.69) is 43.3 Å². The van der Waals surface area contributed by atoms with Gasteiger partial charge in [0.2, 0.25) is 5.91 Å². The fraction of sp³-hybridized carbons (Fsp3) is 0.344. The summed E-state index contributed by atoms with van der Waals surface area (Å²) in [7, 11) is 0. The molecule has 1 aromatic heterocycles. The van der Waals surface area contributed by atoms with Crippen LogP contribution in [0.25, 0.3) is 22.2 Å². The predicted molar refractivity (Wildman–Crippen MR) is 162 cm³/mol. The van der Waals surface area contributed by atoms with Crippen LogP contribution in [0.3, 0.4) is 0 Å². The van der Waals surface area contributed by atoms with Crippen molar-refractivity contribution in [3.8, 4) is 11.1 Å². The fourth-order valence-corrected chi connectivity index (χ4v) is 5.39. The third kappa shape index (κ3) is 6.53. The van der Waals surface area contributed by atoms with Gasteiger partial charge in [-0.25, -0.2) is 9.78 Å². The summed E-state index contributed by atoms with van der Waals surface area (Å²) in [6.45, 7) is 9.03. The fourth-order valence-electron chi connectivity index (χ4n) is 5.08. The summed E-state index contributed by atoms with van der Waals surface area (Å²) in [5, 5.41) is 12.7. The number of nitrogens with zero attached hydrogens (tertiary/aromatic N) is 2. The smallest absolute Gasteiger partial charge is 0.336 e. The summed E-state index contributed by atoms with van der Waals surface area (Å²) >= 11 is 4.42. The number of anilines is 1. The van der Waals surface area contributed by atoms with Gasteiger partial charge in [0.25, 0.3) is 0 Å². The molecular weight excluding hydrogens is 506 g/mol. The lowest BCUT2D eigenvalue weighted by atomic mass is 9.98. The number of carboxylic acid groups (broad SMARTS) is 1. The first-order valence-electron chi connectivity index (χ1n) is 13.5. The molecule has 39 heavy (non-hydrogen) atoms. The first-order valence-corrected chi connectivity index (χ1v) is 14.2. The number of carbonyl (C=O) groups is 2. The summed E-state index contributed by atoms with van der Waals surface area (Å²) in [4.78, 5) is 29.7. The molecule has 204 valence electrons. The number of amides is 1. The molecule has 0 saturated carbocycles. The van der Waals surface area contributed by atoms with Gasteiger partial charge in [0.1, 0.15) is 5.82 Å². The van der Waals surface area contributed by atoms with Gasteiger partial charge in [0.15, 0.2) is 0 Å². The molecule has 7 heteroatoms. The molecule has 0 saturated heterocycles. The molecule has 1 heterocycles. The van der Waals surface area contributed by atoms with Crippen molar-refractivity contribution in [3.63, 3.8) is 0 Å². The van der Waals surface area contributed by atoms with Gasteiger partial charge in [-0.05, 0) is 66.1 Å². The Labute approximate surface area is 235 Å². The van der Waals surface area contributed by atoms with Crippen LogP contribution in [0.5, 0.6) is 0 Å². The van der Waals surface area contributed by atoms with Crippen LogP contribution in [-0.2, 0) is 17.8 Å². The van der Waals surface area contributed by atoms with E-state index in [0.29, 0.717) is 23.8 Å². The van der Waals surface area contributed by atoms with E-state index in [0.717, 1.165) is 58.5 Å². The third-order valence-corrected chi connectivity index (χ3v) is 7.42. The standard InChI is InChI=1S/C32H37N3O3S/c1-5-8-29-34-30-21(4)16-25(33-31(36)24(19-39)15-20(2)3)17-28(30)35(29)18-22-11-13-23(14-12-22)26-9-6-7-10-27(26)32(37)38/h6-7,9-14,16-17,20,24,39H,5,8,15,18-19H2,1-4H3,(H,33,36)(H,37,38). The zero-order chi connectivity index (χ0) is 28.1. The molecule has 1 unspecified atom stereocenters. The Kier molecular flexibility index (Phi) is 9.12. The van der Waals surface area contributed by atoms with E-state index in [4.69, 9.17) is 4.98 Å². The van der Waals surface area contributed by atoms with Gasteiger partial charge in [-0.1, -0.05) is 63.2 Å². The van der Waals surface area contributed by atoms with Crippen molar-refractivity contribution in [1.82, 2.24) is 9.55 Å². The number of hydrogen-bond donors (Lipinski definition) is 3. The highest BCUT2D eigenvalue weighted by Crippen LogP contribution is 2.29. The zero-order valence-electron chi connectivity index (χ0n) is 23.1. The molecule has 0 radical (unpaired) electrons. The Hall–Kier alpha value is -3.58. The van der Waals surface area contributed by atoms with E-state index < -0.39 is 5.97 Å². The van der Waals surface area contributed by atoms with Crippen LogP contribution in [0.2, 0.25) is 0 Å². The molecule has 0 aliphatic carbocycles. The molecule has 0 bridgehead atoms. The van der Waals surface area contributed by atoms with Crippen LogP contribution in [0.4, 0.5) is 5.69 Å². The number of hydrogen-bond acceptors (Lipinski definition) is 4. The second-order valence-corrected chi connectivity index (χ2v) is 10.9. The number of benzene rings is 3. The molecule has 1 atom stereocenters. The normalized spacial score (nSPS) is 12.2. The van der Waals surface area contributed by atoms with E-state index in [9.17, 15) is 14.7 Å². The molecule has 0 spiro atoms. The largest absolute Gasteiger partial charge is 0.478 e. The lowest BCUT2D eigenvalue weighted by Gasteiger charge is -2.17. The lowest BCUT2D eigenvalue weighted by molar-refractivity contribution is -0.119. The van der Waals surface area contributed by atoms with Gasteiger partial charge in [0, 0.05) is 30.3 Å². The number of aryl methyl sites for hydroxylation is 2. The second-order valence-electron chi connectivity index (χ2n) is 10.6. The molecule has 0 aliphatic rings. The molecule has 6 nitrogen and oxygen atoms in total. The van der Waals surface area contributed by atoms with E-state index >= 15 is 0 Å². The van der Waals surface area contributed by atoms with Crippen molar-refractivity contribution >= 4 is 41.2 Å². The van der Waals surface area contributed by atoms with E-state index in [1.54, 1.807) is 12.1 Å². The predicted octanol–water partition coefficient (Wildman–Crippen LogP) is 7.24. The van der Waals surface area contributed by atoms with Crippen LogP contribution < -0.4 is 5.32 Å². The highest BCUT2D eigenvalue weighted by molar-refractivity contribution is 7.80. The number of aromatic nitrogens is 2. The lowest BCUT2D eigenvalue weighted by Crippen LogP contribution is -2.25. The maximum Gasteiger partial charge on any atom is 0.336 e. The quantitative estimate of drug-likeness (QED) is 0.174. The molecule has 2 N–H and O–H groups in total. The first kappa shape index (κ1) is 28.4. The summed E-state index contributed by atoms with van der Waals surface area (Å²) in [6.07, 6.45) is 2.60. The number of thiol groups is 1. The van der Waals surface area contributed by atoms with Crippen LogP contribution in [0.1, 0.15) is 60.9 Å². The summed E-state index contributed by atoms with van der Waals surface area (Å²) in [5.74, 6) is 0.846. The van der Waals surface area contributed by atoms with Gasteiger partial charge in [-0.15, -0.1) is 0 Å². The maximum absolute atomic E-state index is 13.0. The molecule has 4 aromatic rings. The van der Waals surface area contributed by atoms with Crippen molar-refractivity contribution in [3.05, 3.63) is 83.2 Å². The number of fused-ring (bicyclic) bond motifs is 1. The van der Waals surface area contributed by atoms with Gasteiger partial charge >= 0.3 is 5.97 Å². The number of imidazole rings is 1. The Morgan fingerprint density at radius 3 is 2.44 bits per heavy atom. The maximum atomic E-state index is 13.0. The third-order valence-electron chi connectivity index (χ3n) is 6.97. The number of carbonyl (C=O) groups excluding carboxylic acids is 1. The summed E-state index contributed by atoms with van der Waals surface area (Å²) in [6, 6.07) is 19.1. The zero-order valence-corrected chi connectivity index (χ0v) is 24.0. The van der Waals surface area contributed by atoms with Crippen molar-refractivity contribution in [2.45, 2.75) is 53.5 Å². The van der Waals surface area contributed by atoms with E-state index in [-0.39, 0.29) is 17.4 Å². The van der Waals surface area contributed by atoms with E-state index in [1.165, 1.54) is 0 Å². The van der Waals surface area contributed by atoms with Gasteiger partial charge < -0.3 is 15.0 Å². The molecule has 0 fully saturated rings. The van der Waals surface area contributed by atoms with Crippen LogP contribution in [0.15, 0.2) is 60.7 Å². The van der Waals surface area contributed by atoms with Gasteiger partial charge in [-0.2, -0.15) is 12.6 Å². The highest BCUT2D eigenvalue weighted by Gasteiger charge is 2.20. The topological polar surface area (TPSA) is 84.2 Å². The summed E-state index contributed by atoms with van der Waals surface area (Å²) in [5.41, 5.74) is 6.65. The SMILES string of the molecule is CCCc1nc2c(C)cc(NC(=O)C(CS)CC(C)C)cc2n1Cc1ccc(-c2ccccc2C(=O)O)cc1. The Balaban J connectivity index is 1.67. The molecule has 0 aliphatic heterocycles. The number of nitrogens with one attached hydrogen (secondary N) is 1. The van der Waals surface area contributed by atoms with E-state index in [1.807, 2.05) is 55.5 Å².